The zero-order chi connectivity index (χ0) is 25.5. The van der Waals surface area contributed by atoms with E-state index in [0.717, 1.165) is 23.5 Å². The van der Waals surface area contributed by atoms with E-state index >= 15 is 0 Å². The van der Waals surface area contributed by atoms with Crippen LogP contribution in [0.3, 0.4) is 0 Å². The maximum Gasteiger partial charge on any atom is 0.417 e. The summed E-state index contributed by atoms with van der Waals surface area (Å²) in [6.07, 6.45) is -3.64. The van der Waals surface area contributed by atoms with Gasteiger partial charge in [0, 0.05) is 43.0 Å². The molecule has 2 saturated heterocycles. The van der Waals surface area contributed by atoms with Crippen molar-refractivity contribution in [2.24, 2.45) is 17.1 Å². The lowest BCUT2D eigenvalue weighted by Gasteiger charge is -2.41. The van der Waals surface area contributed by atoms with Crippen LogP contribution in [0.15, 0.2) is 24.3 Å². The van der Waals surface area contributed by atoms with Crippen LogP contribution in [0, 0.1) is 36.5 Å². The minimum absolute atomic E-state index is 0.0709. The third-order valence-corrected chi connectivity index (χ3v) is 7.29. The molecule has 0 aliphatic carbocycles. The molecular formula is C24H27F3N6O2. The number of primary amides is 1. The number of anilines is 1. The minimum atomic E-state index is -4.67. The van der Waals surface area contributed by atoms with Crippen LogP contribution in [0.1, 0.15) is 35.4 Å². The monoisotopic (exact) mass is 488 g/mol. The number of nitrogens with zero attached hydrogens (tertiary/aromatic N) is 5. The van der Waals surface area contributed by atoms with Crippen molar-refractivity contribution in [3.05, 3.63) is 46.8 Å². The molecule has 2 fully saturated rings. The van der Waals surface area contributed by atoms with Crippen molar-refractivity contribution < 1.29 is 22.8 Å². The van der Waals surface area contributed by atoms with Crippen molar-refractivity contribution in [3.63, 3.8) is 0 Å². The highest BCUT2D eigenvalue weighted by molar-refractivity contribution is 5.80. The van der Waals surface area contributed by atoms with Gasteiger partial charge in [0.25, 0.3) is 0 Å². The lowest BCUT2D eigenvalue weighted by molar-refractivity contribution is -0.138. The van der Waals surface area contributed by atoms with Crippen LogP contribution in [0.5, 0.6) is 0 Å². The van der Waals surface area contributed by atoms with E-state index in [-0.39, 0.29) is 19.0 Å². The predicted octanol–water partition coefficient (Wildman–Crippen LogP) is 2.62. The number of hydrogen-bond donors (Lipinski definition) is 1. The molecule has 2 aliphatic rings. The summed E-state index contributed by atoms with van der Waals surface area (Å²) in [5.41, 5.74) is 5.76. The zero-order valence-corrected chi connectivity index (χ0v) is 19.6. The number of piperidine rings is 1. The van der Waals surface area contributed by atoms with E-state index in [1.807, 2.05) is 19.9 Å². The third-order valence-electron chi connectivity index (χ3n) is 7.29. The number of aromatic nitrogens is 2. The Morgan fingerprint density at radius 3 is 2.46 bits per heavy atom. The van der Waals surface area contributed by atoms with E-state index in [9.17, 15) is 22.8 Å². The molecule has 8 nitrogen and oxygen atoms in total. The molecule has 11 heteroatoms. The van der Waals surface area contributed by atoms with Gasteiger partial charge in [0.1, 0.15) is 6.54 Å². The van der Waals surface area contributed by atoms with Gasteiger partial charge in [0.05, 0.1) is 28.8 Å². The maximum absolute atomic E-state index is 13.5. The van der Waals surface area contributed by atoms with Crippen LogP contribution < -0.4 is 10.6 Å². The zero-order valence-electron chi connectivity index (χ0n) is 19.6. The smallest absolute Gasteiger partial charge is 0.370 e. The van der Waals surface area contributed by atoms with Crippen LogP contribution >= 0.6 is 0 Å². The second kappa shape index (κ2) is 8.91. The summed E-state index contributed by atoms with van der Waals surface area (Å²) >= 11 is 0. The quantitative estimate of drug-likeness (QED) is 0.712. The molecule has 2 amide bonds. The minimum Gasteiger partial charge on any atom is -0.370 e. The van der Waals surface area contributed by atoms with Gasteiger partial charge in [0.2, 0.25) is 11.8 Å². The van der Waals surface area contributed by atoms with Crippen LogP contribution in [0.2, 0.25) is 0 Å². The van der Waals surface area contributed by atoms with Crippen molar-refractivity contribution >= 4 is 17.5 Å². The van der Waals surface area contributed by atoms with Crippen LogP contribution in [0.25, 0.3) is 0 Å². The van der Waals surface area contributed by atoms with Gasteiger partial charge >= 0.3 is 6.18 Å². The Hall–Kier alpha value is -3.55. The molecule has 1 aromatic heterocycles. The molecule has 4 rings (SSSR count). The van der Waals surface area contributed by atoms with Gasteiger partial charge in [-0.2, -0.15) is 23.5 Å². The number of amides is 2. The first-order valence-corrected chi connectivity index (χ1v) is 11.4. The molecule has 186 valence electrons. The van der Waals surface area contributed by atoms with Gasteiger partial charge in [-0.15, -0.1) is 0 Å². The first kappa shape index (κ1) is 24.6. The molecule has 1 atom stereocenters. The molecule has 1 aromatic carbocycles. The van der Waals surface area contributed by atoms with E-state index in [2.05, 4.69) is 5.10 Å². The highest BCUT2D eigenvalue weighted by atomic mass is 19.4. The average molecular weight is 489 g/mol. The summed E-state index contributed by atoms with van der Waals surface area (Å²) in [5, 5.41) is 13.4. The molecule has 2 aliphatic heterocycles. The van der Waals surface area contributed by atoms with E-state index < -0.39 is 34.5 Å². The standard InChI is InChI=1S/C24H27F3N6O2/c1-15-9-16(2)33(30-15)13-21(34)31-7-5-23(6-8-31)14-32(12-20(23)22(29)35)18-4-3-17(11-28)19(10-18)24(25,26)27/h3-4,9-10,20H,5-8,12-14H2,1-2H3,(H2,29,35). The van der Waals surface area contributed by atoms with E-state index in [4.69, 9.17) is 11.0 Å². The molecule has 2 aromatic rings. The number of benzene rings is 1. The van der Waals surface area contributed by atoms with Crippen LogP contribution in [-0.2, 0) is 22.3 Å². The topological polar surface area (TPSA) is 108 Å². The highest BCUT2D eigenvalue weighted by Crippen LogP contribution is 2.46. The fourth-order valence-electron chi connectivity index (χ4n) is 5.39. The Kier molecular flexibility index (Phi) is 6.25. The maximum atomic E-state index is 13.5. The lowest BCUT2D eigenvalue weighted by Crippen LogP contribution is -2.49. The molecule has 2 N–H and O–H groups in total. The molecule has 0 saturated carbocycles. The number of likely N-dealkylation sites (tertiary alicyclic amines) is 1. The number of hydrogen-bond acceptors (Lipinski definition) is 5. The van der Waals surface area contributed by atoms with E-state index in [1.54, 1.807) is 20.6 Å². The van der Waals surface area contributed by atoms with Crippen molar-refractivity contribution in [3.8, 4) is 6.07 Å². The van der Waals surface area contributed by atoms with Gasteiger partial charge in [-0.1, -0.05) is 0 Å². The van der Waals surface area contributed by atoms with Gasteiger partial charge in [-0.3, -0.25) is 14.3 Å². The molecule has 0 bridgehead atoms. The van der Waals surface area contributed by atoms with Gasteiger partial charge < -0.3 is 15.5 Å². The molecule has 3 heterocycles. The summed E-state index contributed by atoms with van der Waals surface area (Å²) in [6, 6.07) is 7.07. The Labute approximate surface area is 201 Å². The number of nitriles is 1. The summed E-state index contributed by atoms with van der Waals surface area (Å²) in [4.78, 5) is 28.7. The van der Waals surface area contributed by atoms with Crippen molar-refractivity contribution in [2.45, 2.75) is 39.4 Å². The number of rotatable bonds is 4. The van der Waals surface area contributed by atoms with Gasteiger partial charge in [-0.05, 0) is 51.0 Å². The summed E-state index contributed by atoms with van der Waals surface area (Å²) < 4.78 is 42.1. The second-order valence-corrected chi connectivity index (χ2v) is 9.50. The van der Waals surface area contributed by atoms with E-state index in [1.165, 1.54) is 6.07 Å². The first-order chi connectivity index (χ1) is 16.4. The van der Waals surface area contributed by atoms with Crippen molar-refractivity contribution in [1.82, 2.24) is 14.7 Å². The Balaban J connectivity index is 1.51. The Morgan fingerprint density at radius 1 is 1.23 bits per heavy atom. The molecule has 1 unspecified atom stereocenters. The number of aryl methyl sites for hydroxylation is 2. The normalized spacial score (nSPS) is 19.7. The first-order valence-electron chi connectivity index (χ1n) is 11.4. The average Bonchev–Trinajstić information content (AvgIpc) is 3.32. The predicted molar refractivity (Wildman–Crippen MR) is 121 cm³/mol. The summed E-state index contributed by atoms with van der Waals surface area (Å²) in [6.45, 7) is 5.27. The lowest BCUT2D eigenvalue weighted by atomic mass is 9.70. The number of halogens is 3. The molecular weight excluding hydrogens is 461 g/mol. The molecule has 0 radical (unpaired) electrons. The molecule has 35 heavy (non-hydrogen) atoms. The van der Waals surface area contributed by atoms with Gasteiger partial charge in [0.15, 0.2) is 0 Å². The summed E-state index contributed by atoms with van der Waals surface area (Å²) in [7, 11) is 0. The van der Waals surface area contributed by atoms with Crippen molar-refractivity contribution in [1.29, 1.82) is 5.26 Å². The van der Waals surface area contributed by atoms with E-state index in [0.29, 0.717) is 38.2 Å². The number of carbonyl (C=O) groups excluding carboxylic acids is 2. The Bertz CT molecular complexity index is 1190. The summed E-state index contributed by atoms with van der Waals surface area (Å²) in [5.74, 6) is -1.13. The number of carbonyl (C=O) groups is 2. The molecule has 1 spiro atoms. The fourth-order valence-corrected chi connectivity index (χ4v) is 5.39. The third kappa shape index (κ3) is 4.70. The SMILES string of the molecule is Cc1cc(C)n(CC(=O)N2CCC3(CC2)CN(c2ccc(C#N)c(C(F)(F)F)c2)CC3C(N)=O)n1. The van der Waals surface area contributed by atoms with Crippen LogP contribution in [-0.4, -0.2) is 52.7 Å². The highest BCUT2D eigenvalue weighted by Gasteiger charge is 2.51. The fraction of sp³-hybridized carbons (Fsp3) is 0.500. The second-order valence-electron chi connectivity index (χ2n) is 9.50. The number of alkyl halides is 3. The number of nitrogens with two attached hydrogens (primary N) is 1. The van der Waals surface area contributed by atoms with Gasteiger partial charge in [-0.25, -0.2) is 0 Å². The largest absolute Gasteiger partial charge is 0.417 e. The van der Waals surface area contributed by atoms with Crippen LogP contribution in [0.4, 0.5) is 18.9 Å². The van der Waals surface area contributed by atoms with Crippen molar-refractivity contribution in [2.75, 3.05) is 31.1 Å². The Morgan fingerprint density at radius 2 is 1.91 bits per heavy atom.